The van der Waals surface area contributed by atoms with Crippen LogP contribution >= 0.6 is 11.3 Å². The molecular weight excluding hydrogens is 546 g/mol. The molecule has 0 saturated carbocycles. The molecule has 4 heterocycles. The summed E-state index contributed by atoms with van der Waals surface area (Å²) in [5.74, 6) is 0.426. The Hall–Kier alpha value is -5.35. The van der Waals surface area contributed by atoms with Gasteiger partial charge >= 0.3 is 0 Å². The maximum atomic E-state index is 12.8. The topological polar surface area (TPSA) is 105 Å². The van der Waals surface area contributed by atoms with Crippen LogP contribution in [-0.2, 0) is 4.79 Å². The first-order valence-corrected chi connectivity index (χ1v) is 14.4. The highest BCUT2D eigenvalue weighted by molar-refractivity contribution is 7.15. The number of rotatable bonds is 7. The molecule has 3 aromatic heterocycles. The summed E-state index contributed by atoms with van der Waals surface area (Å²) >= 11 is 1.54. The van der Waals surface area contributed by atoms with Crippen molar-refractivity contribution in [3.05, 3.63) is 108 Å². The van der Waals surface area contributed by atoms with E-state index in [-0.39, 0.29) is 11.8 Å². The van der Waals surface area contributed by atoms with Crippen LogP contribution in [0.5, 0.6) is 0 Å². The van der Waals surface area contributed by atoms with E-state index in [2.05, 4.69) is 15.6 Å². The van der Waals surface area contributed by atoms with Gasteiger partial charge in [0.1, 0.15) is 5.69 Å². The second-order valence-corrected chi connectivity index (χ2v) is 10.7. The predicted octanol–water partition coefficient (Wildman–Crippen LogP) is 6.64. The fourth-order valence-corrected chi connectivity index (χ4v) is 5.81. The molecular formula is C32H25N7O2S. The highest BCUT2D eigenvalue weighted by atomic mass is 32.1. The maximum absolute atomic E-state index is 12.8. The average molecular weight is 572 g/mol. The molecule has 1 fully saturated rings. The van der Waals surface area contributed by atoms with Crippen LogP contribution in [0.25, 0.3) is 27.6 Å². The van der Waals surface area contributed by atoms with Gasteiger partial charge in [0.15, 0.2) is 4.96 Å². The Balaban J connectivity index is 1.18. The van der Waals surface area contributed by atoms with Gasteiger partial charge in [0.2, 0.25) is 11.9 Å². The van der Waals surface area contributed by atoms with Gasteiger partial charge in [0.25, 0.3) is 5.91 Å². The number of hydrogen-bond acceptors (Lipinski definition) is 7. The second-order valence-electron chi connectivity index (χ2n) is 9.85. The van der Waals surface area contributed by atoms with E-state index in [1.54, 1.807) is 18.3 Å². The van der Waals surface area contributed by atoms with Crippen molar-refractivity contribution in [2.75, 3.05) is 22.1 Å². The summed E-state index contributed by atoms with van der Waals surface area (Å²) in [7, 11) is 0. The van der Waals surface area contributed by atoms with E-state index in [0.29, 0.717) is 29.3 Å². The van der Waals surface area contributed by atoms with E-state index in [9.17, 15) is 9.59 Å². The van der Waals surface area contributed by atoms with Crippen molar-refractivity contribution in [3.8, 4) is 22.6 Å². The summed E-state index contributed by atoms with van der Waals surface area (Å²) in [4.78, 5) is 41.7. The molecule has 0 unspecified atom stereocenters. The van der Waals surface area contributed by atoms with Crippen molar-refractivity contribution in [2.24, 2.45) is 0 Å². The van der Waals surface area contributed by atoms with E-state index in [1.165, 1.54) is 11.3 Å². The number of amides is 2. The first-order valence-electron chi connectivity index (χ1n) is 13.6. The van der Waals surface area contributed by atoms with Crippen molar-refractivity contribution in [1.29, 1.82) is 0 Å². The quantitative estimate of drug-likeness (QED) is 0.223. The summed E-state index contributed by atoms with van der Waals surface area (Å²) < 4.78 is 2.02. The third kappa shape index (κ3) is 4.99. The molecule has 0 spiro atoms. The summed E-state index contributed by atoms with van der Waals surface area (Å²) in [5, 5.41) is 8.26. The molecule has 42 heavy (non-hydrogen) atoms. The van der Waals surface area contributed by atoms with E-state index in [1.807, 2.05) is 93.7 Å². The van der Waals surface area contributed by atoms with Crippen LogP contribution in [0.3, 0.4) is 0 Å². The molecule has 7 rings (SSSR count). The van der Waals surface area contributed by atoms with E-state index < -0.39 is 0 Å². The van der Waals surface area contributed by atoms with Gasteiger partial charge in [-0.3, -0.25) is 14.0 Å². The number of aromatic nitrogens is 4. The lowest BCUT2D eigenvalue weighted by Gasteiger charge is -2.16. The lowest BCUT2D eigenvalue weighted by atomic mass is 10.1. The molecule has 1 aliphatic rings. The lowest BCUT2D eigenvalue weighted by molar-refractivity contribution is -0.117. The van der Waals surface area contributed by atoms with Crippen LogP contribution in [0.1, 0.15) is 23.2 Å². The normalized spacial score (nSPS) is 13.0. The molecule has 1 aliphatic heterocycles. The molecule has 0 aliphatic carbocycles. The largest absolute Gasteiger partial charge is 0.324 e. The maximum Gasteiger partial charge on any atom is 0.255 e. The van der Waals surface area contributed by atoms with Crippen LogP contribution in [0.4, 0.5) is 23.0 Å². The van der Waals surface area contributed by atoms with Crippen LogP contribution in [0.15, 0.2) is 103 Å². The zero-order valence-electron chi connectivity index (χ0n) is 22.4. The van der Waals surface area contributed by atoms with Gasteiger partial charge in [-0.1, -0.05) is 30.3 Å². The smallest absolute Gasteiger partial charge is 0.255 e. The number of thiazole rings is 1. The molecule has 2 N–H and O–H groups in total. The molecule has 0 bridgehead atoms. The van der Waals surface area contributed by atoms with Crippen molar-refractivity contribution < 1.29 is 9.59 Å². The van der Waals surface area contributed by atoms with Crippen molar-refractivity contribution in [2.45, 2.75) is 12.8 Å². The first-order chi connectivity index (χ1) is 20.6. The standard InChI is InChI=1S/C32H25N7O2S/c40-27-10-5-17-38(27)25-13-11-23(12-14-25)35-31-33-16-15-26(36-31)29-28(37-32-39(29)18-19-42-32)22-8-4-9-24(20-22)34-30(41)21-6-2-1-3-7-21/h1-4,6-9,11-16,18-20H,5,10,17H2,(H,34,41)(H,33,35,36). The monoisotopic (exact) mass is 571 g/mol. The van der Waals surface area contributed by atoms with Crippen LogP contribution in [0.2, 0.25) is 0 Å². The van der Waals surface area contributed by atoms with Gasteiger partial charge in [-0.25, -0.2) is 15.0 Å². The highest BCUT2D eigenvalue weighted by Crippen LogP contribution is 2.35. The third-order valence-corrected chi connectivity index (χ3v) is 7.86. The molecule has 1 saturated heterocycles. The van der Waals surface area contributed by atoms with Crippen molar-refractivity contribution in [3.63, 3.8) is 0 Å². The fraction of sp³-hybridized carbons (Fsp3) is 0.0938. The van der Waals surface area contributed by atoms with Crippen LogP contribution in [0, 0.1) is 0 Å². The van der Waals surface area contributed by atoms with Crippen LogP contribution in [-0.4, -0.2) is 37.7 Å². The molecule has 206 valence electrons. The van der Waals surface area contributed by atoms with Gasteiger partial charge in [-0.05, 0) is 61.0 Å². The van der Waals surface area contributed by atoms with Gasteiger partial charge in [0.05, 0.1) is 11.4 Å². The molecule has 3 aromatic carbocycles. The number of carbonyl (C=O) groups is 2. The minimum atomic E-state index is -0.176. The van der Waals surface area contributed by atoms with E-state index >= 15 is 0 Å². The average Bonchev–Trinajstić information content (AvgIpc) is 3.75. The van der Waals surface area contributed by atoms with E-state index in [0.717, 1.165) is 46.3 Å². The molecule has 6 aromatic rings. The number of carbonyl (C=O) groups excluding carboxylic acids is 2. The minimum Gasteiger partial charge on any atom is -0.324 e. The molecule has 0 radical (unpaired) electrons. The Morgan fingerprint density at radius 2 is 1.76 bits per heavy atom. The number of nitrogens with zero attached hydrogens (tertiary/aromatic N) is 5. The number of benzene rings is 3. The summed E-state index contributed by atoms with van der Waals surface area (Å²) in [6, 6.07) is 26.4. The van der Waals surface area contributed by atoms with Gasteiger partial charge < -0.3 is 15.5 Å². The second kappa shape index (κ2) is 10.9. The lowest BCUT2D eigenvalue weighted by Crippen LogP contribution is -2.23. The fourth-order valence-electron chi connectivity index (χ4n) is 5.09. The molecule has 2 amide bonds. The van der Waals surface area contributed by atoms with Crippen molar-refractivity contribution in [1.82, 2.24) is 19.4 Å². The number of nitrogens with one attached hydrogen (secondary N) is 2. The van der Waals surface area contributed by atoms with Crippen molar-refractivity contribution >= 4 is 51.1 Å². The number of imidazole rings is 1. The predicted molar refractivity (Wildman–Crippen MR) is 165 cm³/mol. The Bertz CT molecular complexity index is 1910. The zero-order chi connectivity index (χ0) is 28.5. The Labute approximate surface area is 245 Å². The van der Waals surface area contributed by atoms with Crippen LogP contribution < -0.4 is 15.5 Å². The van der Waals surface area contributed by atoms with Gasteiger partial charge in [-0.2, -0.15) is 0 Å². The molecule has 10 heteroatoms. The Kier molecular flexibility index (Phi) is 6.65. The molecule has 0 atom stereocenters. The summed E-state index contributed by atoms with van der Waals surface area (Å²) in [6.07, 6.45) is 5.18. The third-order valence-electron chi connectivity index (χ3n) is 7.10. The Morgan fingerprint density at radius 1 is 0.905 bits per heavy atom. The minimum absolute atomic E-state index is 0.159. The summed E-state index contributed by atoms with van der Waals surface area (Å²) in [6.45, 7) is 0.754. The van der Waals surface area contributed by atoms with Gasteiger partial charge in [0, 0.05) is 58.9 Å². The Morgan fingerprint density at radius 3 is 2.57 bits per heavy atom. The number of anilines is 4. The SMILES string of the molecule is O=C(Nc1cccc(-c2nc3sccn3c2-c2ccnc(Nc3ccc(N4CCCC4=O)cc3)n2)c1)c1ccccc1. The number of hydrogen-bond donors (Lipinski definition) is 2. The number of fused-ring (bicyclic) bond motifs is 1. The molecule has 9 nitrogen and oxygen atoms in total. The van der Waals surface area contributed by atoms with Gasteiger partial charge in [-0.15, -0.1) is 11.3 Å². The van der Waals surface area contributed by atoms with E-state index in [4.69, 9.17) is 9.97 Å². The first kappa shape index (κ1) is 25.6. The highest BCUT2D eigenvalue weighted by Gasteiger charge is 2.22. The summed E-state index contributed by atoms with van der Waals surface area (Å²) in [5.41, 5.74) is 6.10. The zero-order valence-corrected chi connectivity index (χ0v) is 23.2.